The van der Waals surface area contributed by atoms with E-state index in [0.29, 0.717) is 11.5 Å². The van der Waals surface area contributed by atoms with E-state index in [9.17, 15) is 5.11 Å². The number of aliphatic hydroxyl groups excluding tert-OH is 1. The molecule has 0 bridgehead atoms. The zero-order chi connectivity index (χ0) is 11.7. The van der Waals surface area contributed by atoms with Gasteiger partial charge in [0.15, 0.2) is 11.5 Å². The van der Waals surface area contributed by atoms with Crippen LogP contribution in [0.3, 0.4) is 0 Å². The van der Waals surface area contributed by atoms with Crippen LogP contribution in [0.4, 0.5) is 0 Å². The zero-order valence-corrected chi connectivity index (χ0v) is 9.78. The first-order chi connectivity index (χ1) is 7.71. The molecule has 1 aliphatic rings. The van der Waals surface area contributed by atoms with E-state index in [4.69, 9.17) is 9.47 Å². The fourth-order valence-corrected chi connectivity index (χ4v) is 2.10. The lowest BCUT2D eigenvalue weighted by molar-refractivity contribution is 0.231. The number of hydrogen-bond acceptors (Lipinski definition) is 3. The number of hydrogen-bond donors (Lipinski definition) is 1. The summed E-state index contributed by atoms with van der Waals surface area (Å²) >= 11 is 0. The van der Waals surface area contributed by atoms with E-state index >= 15 is 0 Å². The summed E-state index contributed by atoms with van der Waals surface area (Å²) in [6, 6.07) is 3.78. The first kappa shape index (κ1) is 11.0. The summed E-state index contributed by atoms with van der Waals surface area (Å²) in [5.41, 5.74) is 3.12. The van der Waals surface area contributed by atoms with E-state index < -0.39 is 6.10 Å². The van der Waals surface area contributed by atoms with Crippen molar-refractivity contribution in [2.24, 2.45) is 0 Å². The summed E-state index contributed by atoms with van der Waals surface area (Å²) in [7, 11) is 3.21. The molecule has 1 N–H and O–H groups in total. The molecule has 0 fully saturated rings. The molecule has 0 heterocycles. The van der Waals surface area contributed by atoms with Crippen LogP contribution >= 0.6 is 0 Å². The normalized spacial score (nSPS) is 18.0. The van der Waals surface area contributed by atoms with Crippen LogP contribution in [-0.2, 0) is 0 Å². The van der Waals surface area contributed by atoms with Gasteiger partial charge in [-0.25, -0.2) is 0 Å². The lowest BCUT2D eigenvalue weighted by Crippen LogP contribution is -1.96. The van der Waals surface area contributed by atoms with Gasteiger partial charge in [0.2, 0.25) is 0 Å². The van der Waals surface area contributed by atoms with E-state index in [2.05, 4.69) is 6.92 Å². The number of benzene rings is 1. The fraction of sp³-hybridized carbons (Fsp3) is 0.385. The summed E-state index contributed by atoms with van der Waals surface area (Å²) in [6.45, 7) is 2.07. The third-order valence-corrected chi connectivity index (χ3v) is 2.96. The number of allylic oxidation sites excluding steroid dienone is 1. The van der Waals surface area contributed by atoms with Crippen molar-refractivity contribution in [3.05, 3.63) is 29.3 Å². The monoisotopic (exact) mass is 220 g/mol. The maximum Gasteiger partial charge on any atom is 0.161 e. The molecule has 2 rings (SSSR count). The first-order valence-electron chi connectivity index (χ1n) is 5.36. The largest absolute Gasteiger partial charge is 0.493 e. The molecule has 1 aromatic rings. The van der Waals surface area contributed by atoms with Gasteiger partial charge in [-0.2, -0.15) is 0 Å². The van der Waals surface area contributed by atoms with Crippen LogP contribution in [-0.4, -0.2) is 19.3 Å². The molecule has 86 valence electrons. The summed E-state index contributed by atoms with van der Waals surface area (Å²) < 4.78 is 10.5. The van der Waals surface area contributed by atoms with Crippen LogP contribution in [0.1, 0.15) is 30.6 Å². The van der Waals surface area contributed by atoms with Gasteiger partial charge in [-0.3, -0.25) is 0 Å². The van der Waals surface area contributed by atoms with Crippen LogP contribution in [0.15, 0.2) is 18.2 Å². The Labute approximate surface area is 95.3 Å². The van der Waals surface area contributed by atoms with E-state index in [1.54, 1.807) is 14.2 Å². The number of ether oxygens (including phenoxy) is 2. The summed E-state index contributed by atoms with van der Waals surface area (Å²) in [5.74, 6) is 1.36. The molecule has 0 saturated carbocycles. The molecule has 1 atom stereocenters. The predicted octanol–water partition coefficient (Wildman–Crippen LogP) is 2.54. The average molecular weight is 220 g/mol. The molecule has 1 unspecified atom stereocenters. The van der Waals surface area contributed by atoms with Gasteiger partial charge in [-0.05, 0) is 41.3 Å². The van der Waals surface area contributed by atoms with Crippen LogP contribution in [0.2, 0.25) is 0 Å². The van der Waals surface area contributed by atoms with Gasteiger partial charge >= 0.3 is 0 Å². The van der Waals surface area contributed by atoms with E-state index in [-0.39, 0.29) is 0 Å². The molecule has 1 aromatic carbocycles. The second-order valence-corrected chi connectivity index (χ2v) is 3.78. The molecule has 3 nitrogen and oxygen atoms in total. The summed E-state index contributed by atoms with van der Waals surface area (Å²) in [6.07, 6.45) is 2.26. The topological polar surface area (TPSA) is 38.7 Å². The molecular formula is C13H16O3. The number of rotatable bonds is 3. The third-order valence-electron chi connectivity index (χ3n) is 2.96. The van der Waals surface area contributed by atoms with Crippen molar-refractivity contribution < 1.29 is 14.6 Å². The van der Waals surface area contributed by atoms with E-state index in [1.807, 2.05) is 18.2 Å². The second kappa shape index (κ2) is 4.18. The minimum absolute atomic E-state index is 0.523. The van der Waals surface area contributed by atoms with E-state index in [0.717, 1.165) is 23.1 Å². The van der Waals surface area contributed by atoms with Gasteiger partial charge in [0.1, 0.15) is 0 Å². The quantitative estimate of drug-likeness (QED) is 0.850. The molecule has 0 amide bonds. The standard InChI is InChI=1S/C13H16O3/c1-4-8-5-11(14)10-7-13(16-3)12(15-2)6-9(8)10/h5-7,11,14H,4H2,1-3H3. The Kier molecular flexibility index (Phi) is 2.88. The minimum Gasteiger partial charge on any atom is -0.493 e. The smallest absolute Gasteiger partial charge is 0.161 e. The highest BCUT2D eigenvalue weighted by molar-refractivity contribution is 5.76. The van der Waals surface area contributed by atoms with Crippen molar-refractivity contribution in [1.82, 2.24) is 0 Å². The van der Waals surface area contributed by atoms with Crippen molar-refractivity contribution in [2.75, 3.05) is 14.2 Å². The molecule has 0 aromatic heterocycles. The Morgan fingerprint density at radius 1 is 1.19 bits per heavy atom. The second-order valence-electron chi connectivity index (χ2n) is 3.78. The third kappa shape index (κ3) is 1.57. The molecular weight excluding hydrogens is 204 g/mol. The Hall–Kier alpha value is -1.48. The highest BCUT2D eigenvalue weighted by atomic mass is 16.5. The van der Waals surface area contributed by atoms with Crippen molar-refractivity contribution >= 4 is 5.57 Å². The Morgan fingerprint density at radius 2 is 1.81 bits per heavy atom. The number of aliphatic hydroxyl groups is 1. The Bertz CT molecular complexity index is 435. The van der Waals surface area contributed by atoms with Crippen molar-refractivity contribution in [3.63, 3.8) is 0 Å². The number of methoxy groups -OCH3 is 2. The molecule has 3 heteroatoms. The van der Waals surface area contributed by atoms with Crippen LogP contribution in [0, 0.1) is 0 Å². The Balaban J connectivity index is 2.55. The molecule has 1 aliphatic carbocycles. The maximum absolute atomic E-state index is 9.89. The maximum atomic E-state index is 9.89. The highest BCUT2D eigenvalue weighted by Gasteiger charge is 2.23. The lowest BCUT2D eigenvalue weighted by Gasteiger charge is -2.12. The molecule has 0 saturated heterocycles. The van der Waals surface area contributed by atoms with Gasteiger partial charge < -0.3 is 14.6 Å². The minimum atomic E-state index is -0.523. The van der Waals surface area contributed by atoms with Gasteiger partial charge in [0.05, 0.1) is 20.3 Å². The summed E-state index contributed by atoms with van der Waals surface area (Å²) in [4.78, 5) is 0. The predicted molar refractivity (Wildman–Crippen MR) is 62.8 cm³/mol. The van der Waals surface area contributed by atoms with E-state index in [1.165, 1.54) is 0 Å². The van der Waals surface area contributed by atoms with Gasteiger partial charge in [-0.15, -0.1) is 0 Å². The molecule has 0 aliphatic heterocycles. The van der Waals surface area contributed by atoms with Gasteiger partial charge in [-0.1, -0.05) is 6.92 Å². The SMILES string of the molecule is CCC1=CC(O)c2cc(OC)c(OC)cc21. The van der Waals surface area contributed by atoms with Crippen molar-refractivity contribution in [2.45, 2.75) is 19.4 Å². The van der Waals surface area contributed by atoms with Crippen LogP contribution in [0.5, 0.6) is 11.5 Å². The lowest BCUT2D eigenvalue weighted by atomic mass is 10.0. The van der Waals surface area contributed by atoms with Crippen molar-refractivity contribution in [1.29, 1.82) is 0 Å². The van der Waals surface area contributed by atoms with Crippen molar-refractivity contribution in [3.8, 4) is 11.5 Å². The Morgan fingerprint density at radius 3 is 2.38 bits per heavy atom. The summed E-state index contributed by atoms with van der Waals surface area (Å²) in [5, 5.41) is 9.89. The van der Waals surface area contributed by atoms with Crippen LogP contribution < -0.4 is 9.47 Å². The molecule has 16 heavy (non-hydrogen) atoms. The van der Waals surface area contributed by atoms with Gasteiger partial charge in [0.25, 0.3) is 0 Å². The highest BCUT2D eigenvalue weighted by Crippen LogP contribution is 2.42. The average Bonchev–Trinajstić information content (AvgIpc) is 2.63. The van der Waals surface area contributed by atoms with Crippen LogP contribution in [0.25, 0.3) is 5.57 Å². The number of fused-ring (bicyclic) bond motifs is 1. The molecule has 0 spiro atoms. The fourth-order valence-electron chi connectivity index (χ4n) is 2.10. The van der Waals surface area contributed by atoms with Gasteiger partial charge in [0, 0.05) is 0 Å². The zero-order valence-electron chi connectivity index (χ0n) is 9.78. The first-order valence-corrected chi connectivity index (χ1v) is 5.36. The molecule has 0 radical (unpaired) electrons.